The van der Waals surface area contributed by atoms with E-state index in [1.165, 1.54) is 5.69 Å². The van der Waals surface area contributed by atoms with Gasteiger partial charge in [-0.2, -0.15) is 5.26 Å². The summed E-state index contributed by atoms with van der Waals surface area (Å²) in [5, 5.41) is 9.71. The highest BCUT2D eigenvalue weighted by Crippen LogP contribution is 2.29. The molecule has 120 valence electrons. The molecule has 3 rings (SSSR count). The summed E-state index contributed by atoms with van der Waals surface area (Å²) in [6.07, 6.45) is 0. The molecule has 2 heterocycles. The predicted molar refractivity (Wildman–Crippen MR) is 94.2 cm³/mol. The van der Waals surface area contributed by atoms with Crippen molar-refractivity contribution in [3.05, 3.63) is 46.5 Å². The van der Waals surface area contributed by atoms with Gasteiger partial charge in [-0.05, 0) is 35.0 Å². The van der Waals surface area contributed by atoms with Gasteiger partial charge in [0.1, 0.15) is 16.5 Å². The quantitative estimate of drug-likeness (QED) is 0.829. The highest BCUT2D eigenvalue weighted by atomic mass is 79.9. The van der Waals surface area contributed by atoms with Crippen LogP contribution in [0, 0.1) is 18.3 Å². The zero-order valence-corrected chi connectivity index (χ0v) is 15.0. The predicted octanol–water partition coefficient (Wildman–Crippen LogP) is 2.88. The first kappa shape index (κ1) is 16.0. The molecule has 0 saturated carbocycles. The van der Waals surface area contributed by atoms with Crippen LogP contribution in [0.5, 0.6) is 0 Å². The second kappa shape index (κ2) is 6.73. The number of hydrogen-bond donors (Lipinski definition) is 0. The number of rotatable bonds is 3. The molecule has 0 amide bonds. The summed E-state index contributed by atoms with van der Waals surface area (Å²) < 4.78 is 2.77. The molecule has 1 saturated heterocycles. The number of nitrogens with zero attached hydrogens (tertiary/aromatic N) is 5. The molecule has 1 unspecified atom stereocenters. The number of nitriles is 1. The molecule has 1 fully saturated rings. The number of aromatic nitrogens is 2. The monoisotopic (exact) mass is 373 g/mol. The summed E-state index contributed by atoms with van der Waals surface area (Å²) in [5.41, 5.74) is 2.19. The Labute approximate surface area is 145 Å². The van der Waals surface area contributed by atoms with Gasteiger partial charge in [0.25, 0.3) is 0 Å². The normalized spacial score (nSPS) is 17.0. The number of hydrogen-bond acceptors (Lipinski definition) is 4. The number of anilines is 1. The minimum atomic E-state index is -0.270. The van der Waals surface area contributed by atoms with Gasteiger partial charge in [-0.3, -0.25) is 4.90 Å². The van der Waals surface area contributed by atoms with Gasteiger partial charge in [0, 0.05) is 38.9 Å². The van der Waals surface area contributed by atoms with Crippen molar-refractivity contribution in [2.75, 3.05) is 31.1 Å². The molecule has 0 aliphatic carbocycles. The van der Waals surface area contributed by atoms with Gasteiger partial charge in [0.2, 0.25) is 0 Å². The third-order valence-electron chi connectivity index (χ3n) is 4.50. The van der Waals surface area contributed by atoms with Crippen molar-refractivity contribution in [2.24, 2.45) is 7.05 Å². The third kappa shape index (κ3) is 3.12. The maximum Gasteiger partial charge on any atom is 0.141 e. The molecule has 1 atom stereocenters. The molecular formula is C17H20BrN5. The standard InChI is InChI=1S/C17H20BrN5/c1-13-20-17(18)16(21(13)2)15(12-19)23-10-8-22(9-11-23)14-6-4-3-5-7-14/h3-7,15H,8-11H2,1-2H3. The van der Waals surface area contributed by atoms with E-state index in [0.29, 0.717) is 0 Å². The summed E-state index contributed by atoms with van der Waals surface area (Å²) in [5.74, 6) is 0.912. The SMILES string of the molecule is Cc1nc(Br)c(C(C#N)N2CCN(c3ccccc3)CC2)n1C. The molecule has 1 aliphatic heterocycles. The van der Waals surface area contributed by atoms with E-state index in [1.807, 2.05) is 24.6 Å². The third-order valence-corrected chi connectivity index (χ3v) is 5.08. The van der Waals surface area contributed by atoms with E-state index in [1.54, 1.807) is 0 Å². The average molecular weight is 374 g/mol. The van der Waals surface area contributed by atoms with Crippen LogP contribution in [0.3, 0.4) is 0 Å². The Bertz CT molecular complexity index is 711. The van der Waals surface area contributed by atoms with Crippen molar-refractivity contribution < 1.29 is 0 Å². The average Bonchev–Trinajstić information content (AvgIpc) is 2.83. The molecule has 1 aromatic heterocycles. The smallest absolute Gasteiger partial charge is 0.141 e. The highest BCUT2D eigenvalue weighted by molar-refractivity contribution is 9.10. The fourth-order valence-corrected chi connectivity index (χ4v) is 3.82. The molecule has 0 N–H and O–H groups in total. The van der Waals surface area contributed by atoms with Crippen molar-refractivity contribution in [2.45, 2.75) is 13.0 Å². The Hall–Kier alpha value is -1.84. The van der Waals surface area contributed by atoms with Crippen LogP contribution >= 0.6 is 15.9 Å². The molecule has 0 bridgehead atoms. The van der Waals surface area contributed by atoms with Gasteiger partial charge >= 0.3 is 0 Å². The Morgan fingerprint density at radius 3 is 2.35 bits per heavy atom. The summed E-state index contributed by atoms with van der Waals surface area (Å²) in [6.45, 7) is 5.54. The lowest BCUT2D eigenvalue weighted by molar-refractivity contribution is 0.216. The molecule has 1 aliphatic rings. The van der Waals surface area contributed by atoms with E-state index >= 15 is 0 Å². The van der Waals surface area contributed by atoms with Crippen LogP contribution in [0.1, 0.15) is 17.6 Å². The van der Waals surface area contributed by atoms with Crippen LogP contribution in [-0.2, 0) is 7.05 Å². The molecular weight excluding hydrogens is 354 g/mol. The van der Waals surface area contributed by atoms with Gasteiger partial charge in [0.15, 0.2) is 0 Å². The fraction of sp³-hybridized carbons (Fsp3) is 0.412. The van der Waals surface area contributed by atoms with E-state index < -0.39 is 0 Å². The molecule has 2 aromatic rings. The largest absolute Gasteiger partial charge is 0.369 e. The Kier molecular flexibility index (Phi) is 4.69. The highest BCUT2D eigenvalue weighted by Gasteiger charge is 2.29. The second-order valence-electron chi connectivity index (χ2n) is 5.78. The molecule has 5 nitrogen and oxygen atoms in total. The van der Waals surface area contributed by atoms with Crippen molar-refractivity contribution >= 4 is 21.6 Å². The topological polar surface area (TPSA) is 48.1 Å². The number of para-hydroxylation sites is 1. The Morgan fingerprint density at radius 1 is 1.17 bits per heavy atom. The fourth-order valence-electron chi connectivity index (χ4n) is 3.08. The van der Waals surface area contributed by atoms with E-state index in [0.717, 1.165) is 42.3 Å². The van der Waals surface area contributed by atoms with Crippen molar-refractivity contribution in [3.8, 4) is 6.07 Å². The lowest BCUT2D eigenvalue weighted by Crippen LogP contribution is -2.47. The lowest BCUT2D eigenvalue weighted by Gasteiger charge is -2.38. The van der Waals surface area contributed by atoms with Gasteiger partial charge in [0.05, 0.1) is 11.8 Å². The summed E-state index contributed by atoms with van der Waals surface area (Å²) in [6, 6.07) is 12.6. The van der Waals surface area contributed by atoms with E-state index in [2.05, 4.69) is 61.0 Å². The van der Waals surface area contributed by atoms with Gasteiger partial charge in [-0.1, -0.05) is 18.2 Å². The van der Waals surface area contributed by atoms with E-state index in [-0.39, 0.29) is 6.04 Å². The molecule has 23 heavy (non-hydrogen) atoms. The van der Waals surface area contributed by atoms with Crippen LogP contribution in [0.4, 0.5) is 5.69 Å². The van der Waals surface area contributed by atoms with Crippen LogP contribution < -0.4 is 4.90 Å². The number of imidazole rings is 1. The first-order valence-electron chi connectivity index (χ1n) is 7.74. The van der Waals surface area contributed by atoms with Crippen molar-refractivity contribution in [3.63, 3.8) is 0 Å². The number of halogens is 1. The Balaban J connectivity index is 1.74. The number of aryl methyl sites for hydroxylation is 1. The van der Waals surface area contributed by atoms with Crippen LogP contribution in [0.25, 0.3) is 0 Å². The first-order valence-corrected chi connectivity index (χ1v) is 8.53. The summed E-state index contributed by atoms with van der Waals surface area (Å²) >= 11 is 3.50. The molecule has 1 aromatic carbocycles. The first-order chi connectivity index (χ1) is 11.1. The molecule has 6 heteroatoms. The second-order valence-corrected chi connectivity index (χ2v) is 6.54. The number of benzene rings is 1. The van der Waals surface area contributed by atoms with Gasteiger partial charge in [-0.25, -0.2) is 4.98 Å². The van der Waals surface area contributed by atoms with E-state index in [9.17, 15) is 5.26 Å². The minimum absolute atomic E-state index is 0.270. The minimum Gasteiger partial charge on any atom is -0.369 e. The van der Waals surface area contributed by atoms with Crippen molar-refractivity contribution in [1.82, 2.24) is 14.5 Å². The molecule has 0 spiro atoms. The number of piperazine rings is 1. The Morgan fingerprint density at radius 2 is 1.83 bits per heavy atom. The summed E-state index contributed by atoms with van der Waals surface area (Å²) in [7, 11) is 1.97. The summed E-state index contributed by atoms with van der Waals surface area (Å²) in [4.78, 5) is 9.03. The maximum atomic E-state index is 9.71. The molecule has 0 radical (unpaired) electrons. The van der Waals surface area contributed by atoms with Crippen LogP contribution in [0.2, 0.25) is 0 Å². The van der Waals surface area contributed by atoms with Crippen LogP contribution in [0.15, 0.2) is 34.9 Å². The van der Waals surface area contributed by atoms with Gasteiger partial charge in [-0.15, -0.1) is 0 Å². The van der Waals surface area contributed by atoms with E-state index in [4.69, 9.17) is 0 Å². The maximum absolute atomic E-state index is 9.71. The van der Waals surface area contributed by atoms with Gasteiger partial charge < -0.3 is 9.47 Å². The zero-order chi connectivity index (χ0) is 16.4. The van der Waals surface area contributed by atoms with Crippen LogP contribution in [-0.4, -0.2) is 40.6 Å². The zero-order valence-electron chi connectivity index (χ0n) is 13.4. The van der Waals surface area contributed by atoms with Crippen molar-refractivity contribution in [1.29, 1.82) is 5.26 Å². The lowest BCUT2D eigenvalue weighted by atomic mass is 10.1.